The van der Waals surface area contributed by atoms with E-state index in [0.29, 0.717) is 0 Å². The van der Waals surface area contributed by atoms with Crippen LogP contribution in [0.3, 0.4) is 0 Å². The first-order chi connectivity index (χ1) is 7.49. The Morgan fingerprint density at radius 3 is 2.18 bits per heavy atom. The molecule has 2 nitrogen and oxygen atoms in total. The third kappa shape index (κ3) is 4.56. The van der Waals surface area contributed by atoms with Gasteiger partial charge in [-0.15, -0.1) is 0 Å². The molecule has 0 aromatic heterocycles. The number of hydrogen-bond donors (Lipinski definition) is 1. The summed E-state index contributed by atoms with van der Waals surface area (Å²) in [6.07, 6.45) is 0.751. The van der Waals surface area contributed by atoms with E-state index >= 15 is 0 Å². The molecule has 17 heavy (non-hydrogen) atoms. The third-order valence-corrected chi connectivity index (χ3v) is 3.50. The number of halogens is 1. The van der Waals surface area contributed by atoms with E-state index in [9.17, 15) is 5.11 Å². The summed E-state index contributed by atoms with van der Waals surface area (Å²) in [4.78, 5) is 0. The number of quaternary nitrogens is 1. The molecular formula is C14H24INO. The summed E-state index contributed by atoms with van der Waals surface area (Å²) in [7, 11) is 4.36. The van der Waals surface area contributed by atoms with Crippen molar-refractivity contribution in [3.63, 3.8) is 0 Å². The lowest BCUT2D eigenvalue weighted by Gasteiger charge is -2.38. The molecule has 1 rings (SSSR count). The first-order valence-electron chi connectivity index (χ1n) is 6.04. The first kappa shape index (κ1) is 16.9. The number of likely N-dealkylation sites (N-methyl/N-ethyl adjacent to an activating group) is 1. The average Bonchev–Trinajstić information content (AvgIpc) is 2.28. The van der Waals surface area contributed by atoms with Crippen molar-refractivity contribution in [2.75, 3.05) is 20.6 Å². The second kappa shape index (κ2) is 7.34. The molecule has 0 spiro atoms. The predicted octanol–water partition coefficient (Wildman–Crippen LogP) is -0.401. The maximum absolute atomic E-state index is 10.3. The zero-order valence-corrected chi connectivity index (χ0v) is 13.4. The Morgan fingerprint density at radius 2 is 1.71 bits per heavy atom. The highest BCUT2D eigenvalue weighted by molar-refractivity contribution is 5.18. The summed E-state index contributed by atoms with van der Waals surface area (Å²) in [6.45, 7) is 5.39. The molecular weight excluding hydrogens is 325 g/mol. The van der Waals surface area contributed by atoms with Gasteiger partial charge in [-0.1, -0.05) is 37.3 Å². The Hall–Kier alpha value is -0.130. The number of aliphatic hydroxyl groups is 1. The Bertz CT molecular complexity index is 313. The predicted molar refractivity (Wildman–Crippen MR) is 68.1 cm³/mol. The van der Waals surface area contributed by atoms with Crippen molar-refractivity contribution in [2.45, 2.75) is 32.4 Å². The highest BCUT2D eigenvalue weighted by Crippen LogP contribution is 2.23. The number of benzene rings is 1. The topological polar surface area (TPSA) is 20.2 Å². The molecule has 98 valence electrons. The molecule has 0 heterocycles. The molecule has 0 fully saturated rings. The van der Waals surface area contributed by atoms with Gasteiger partial charge in [0.05, 0.1) is 20.6 Å². The molecule has 0 amide bonds. The SMILES string of the molecule is CCC[N+](C)(C)C(C)C(O)c1ccccc1.[I-]. The van der Waals surface area contributed by atoms with Crippen LogP contribution in [0.25, 0.3) is 0 Å². The van der Waals surface area contributed by atoms with Crippen molar-refractivity contribution in [1.82, 2.24) is 0 Å². The molecule has 0 radical (unpaired) electrons. The highest BCUT2D eigenvalue weighted by atomic mass is 127. The van der Waals surface area contributed by atoms with E-state index < -0.39 is 0 Å². The van der Waals surface area contributed by atoms with Crippen molar-refractivity contribution in [3.05, 3.63) is 35.9 Å². The van der Waals surface area contributed by atoms with Crippen LogP contribution in [0.2, 0.25) is 0 Å². The Morgan fingerprint density at radius 1 is 1.18 bits per heavy atom. The van der Waals surface area contributed by atoms with E-state index in [1.165, 1.54) is 0 Å². The zero-order valence-electron chi connectivity index (χ0n) is 11.2. The minimum Gasteiger partial charge on any atom is -1.00 e. The van der Waals surface area contributed by atoms with Crippen molar-refractivity contribution in [1.29, 1.82) is 0 Å². The van der Waals surface area contributed by atoms with Crippen LogP contribution in [-0.2, 0) is 0 Å². The maximum atomic E-state index is 10.3. The van der Waals surface area contributed by atoms with Gasteiger partial charge in [-0.25, -0.2) is 0 Å². The van der Waals surface area contributed by atoms with Gasteiger partial charge in [0.15, 0.2) is 0 Å². The lowest BCUT2D eigenvalue weighted by atomic mass is 10.0. The fourth-order valence-electron chi connectivity index (χ4n) is 2.09. The van der Waals surface area contributed by atoms with Gasteiger partial charge in [-0.05, 0) is 18.9 Å². The largest absolute Gasteiger partial charge is 1.00 e. The first-order valence-corrected chi connectivity index (χ1v) is 6.04. The Labute approximate surface area is 122 Å². The van der Waals surface area contributed by atoms with Crippen LogP contribution >= 0.6 is 0 Å². The maximum Gasteiger partial charge on any atom is 0.130 e. The number of aliphatic hydroxyl groups excluding tert-OH is 1. The molecule has 2 unspecified atom stereocenters. The molecule has 0 aliphatic rings. The summed E-state index contributed by atoms with van der Waals surface area (Å²) >= 11 is 0. The molecule has 0 aliphatic heterocycles. The van der Waals surface area contributed by atoms with Gasteiger partial charge < -0.3 is 33.6 Å². The number of nitrogens with zero attached hydrogens (tertiary/aromatic N) is 1. The highest BCUT2D eigenvalue weighted by Gasteiger charge is 2.30. The van der Waals surface area contributed by atoms with Gasteiger partial charge in [-0.3, -0.25) is 0 Å². The summed E-state index contributed by atoms with van der Waals surface area (Å²) in [5.74, 6) is 0. The minimum absolute atomic E-state index is 0. The van der Waals surface area contributed by atoms with Crippen molar-refractivity contribution in [3.8, 4) is 0 Å². The number of hydrogen-bond acceptors (Lipinski definition) is 1. The quantitative estimate of drug-likeness (QED) is 0.567. The fraction of sp³-hybridized carbons (Fsp3) is 0.571. The molecule has 1 aromatic carbocycles. The van der Waals surface area contributed by atoms with Crippen LogP contribution in [0, 0.1) is 0 Å². The van der Waals surface area contributed by atoms with E-state index in [1.807, 2.05) is 30.3 Å². The van der Waals surface area contributed by atoms with Crippen LogP contribution in [0.15, 0.2) is 30.3 Å². The van der Waals surface area contributed by atoms with Gasteiger partial charge >= 0.3 is 0 Å². The second-order valence-corrected chi connectivity index (χ2v) is 5.10. The van der Waals surface area contributed by atoms with Crippen molar-refractivity contribution in [2.24, 2.45) is 0 Å². The normalized spacial score (nSPS) is 14.9. The average molecular weight is 349 g/mol. The van der Waals surface area contributed by atoms with Gasteiger partial charge in [0.2, 0.25) is 0 Å². The van der Waals surface area contributed by atoms with Crippen molar-refractivity contribution >= 4 is 0 Å². The van der Waals surface area contributed by atoms with E-state index in [1.54, 1.807) is 0 Å². The smallest absolute Gasteiger partial charge is 0.130 e. The van der Waals surface area contributed by atoms with Gasteiger partial charge in [-0.2, -0.15) is 0 Å². The summed E-state index contributed by atoms with van der Waals surface area (Å²) in [5.41, 5.74) is 1.01. The van der Waals surface area contributed by atoms with Crippen LogP contribution in [0.5, 0.6) is 0 Å². The molecule has 1 N–H and O–H groups in total. The molecule has 0 bridgehead atoms. The molecule has 0 saturated heterocycles. The van der Waals surface area contributed by atoms with Crippen LogP contribution in [-0.4, -0.2) is 36.3 Å². The molecule has 0 aliphatic carbocycles. The van der Waals surface area contributed by atoms with Crippen molar-refractivity contribution < 1.29 is 33.6 Å². The summed E-state index contributed by atoms with van der Waals surface area (Å²) in [5, 5.41) is 10.3. The summed E-state index contributed by atoms with van der Waals surface area (Å²) < 4.78 is 0.854. The summed E-state index contributed by atoms with van der Waals surface area (Å²) in [6, 6.07) is 10.1. The lowest BCUT2D eigenvalue weighted by Crippen LogP contribution is -3.00. The van der Waals surface area contributed by atoms with Crippen LogP contribution in [0.1, 0.15) is 31.9 Å². The van der Waals surface area contributed by atoms with Gasteiger partial charge in [0.25, 0.3) is 0 Å². The third-order valence-electron chi connectivity index (χ3n) is 3.50. The van der Waals surface area contributed by atoms with E-state index in [-0.39, 0.29) is 36.1 Å². The minimum atomic E-state index is -0.386. The molecule has 3 heteroatoms. The molecule has 1 aromatic rings. The van der Waals surface area contributed by atoms with E-state index in [2.05, 4.69) is 27.9 Å². The van der Waals surface area contributed by atoms with Crippen LogP contribution in [0.4, 0.5) is 0 Å². The monoisotopic (exact) mass is 349 g/mol. The van der Waals surface area contributed by atoms with E-state index in [4.69, 9.17) is 0 Å². The Balaban J connectivity index is 0.00000256. The zero-order chi connectivity index (χ0) is 12.2. The molecule has 0 saturated carbocycles. The number of rotatable bonds is 5. The van der Waals surface area contributed by atoms with Gasteiger partial charge in [0, 0.05) is 0 Å². The fourth-order valence-corrected chi connectivity index (χ4v) is 2.09. The standard InChI is InChI=1S/C14H24NO.HI/c1-5-11-15(3,4)12(2)14(16)13-9-7-6-8-10-13;/h6-10,12,14,16H,5,11H2,1-4H3;1H/q+1;/p-1. The van der Waals surface area contributed by atoms with Gasteiger partial charge in [0.1, 0.15) is 12.1 Å². The molecule has 2 atom stereocenters. The lowest BCUT2D eigenvalue weighted by molar-refractivity contribution is -0.917. The Kier molecular flexibility index (Phi) is 7.28. The second-order valence-electron chi connectivity index (χ2n) is 5.10. The van der Waals surface area contributed by atoms with Crippen LogP contribution < -0.4 is 24.0 Å². The van der Waals surface area contributed by atoms with E-state index in [0.717, 1.165) is 23.0 Å².